The van der Waals surface area contributed by atoms with Gasteiger partial charge in [-0.2, -0.15) is 5.10 Å². The maximum Gasteiger partial charge on any atom is 0.0828 e. The van der Waals surface area contributed by atoms with E-state index in [9.17, 15) is 0 Å². The molecule has 102 valence electrons. The van der Waals surface area contributed by atoms with Crippen LogP contribution >= 0.6 is 15.9 Å². The molecule has 0 spiro atoms. The van der Waals surface area contributed by atoms with E-state index >= 15 is 0 Å². The molecule has 0 saturated heterocycles. The Morgan fingerprint density at radius 2 is 2.05 bits per heavy atom. The molecule has 0 bridgehead atoms. The summed E-state index contributed by atoms with van der Waals surface area (Å²) in [6.45, 7) is 9.28. The first-order valence-electron chi connectivity index (χ1n) is 6.53. The Bertz CT molecular complexity index is 573. The molecule has 1 aromatic carbocycles. The van der Waals surface area contributed by atoms with Gasteiger partial charge in [0, 0.05) is 17.1 Å². The van der Waals surface area contributed by atoms with Crippen LogP contribution in [0, 0.1) is 13.8 Å². The molecule has 1 aromatic heterocycles. The fourth-order valence-electron chi connectivity index (χ4n) is 2.26. The van der Waals surface area contributed by atoms with Gasteiger partial charge in [-0.25, -0.2) is 0 Å². The smallest absolute Gasteiger partial charge is 0.0828 e. The number of benzene rings is 1. The van der Waals surface area contributed by atoms with Gasteiger partial charge in [0.05, 0.1) is 17.1 Å². The Balaban J connectivity index is 2.16. The Morgan fingerprint density at radius 3 is 2.63 bits per heavy atom. The number of rotatable bonds is 4. The first-order chi connectivity index (χ1) is 8.99. The highest BCUT2D eigenvalue weighted by Gasteiger charge is 2.12. The minimum absolute atomic E-state index is 0.389. The lowest BCUT2D eigenvalue weighted by Gasteiger charge is -2.10. The molecular weight excluding hydrogens is 302 g/mol. The molecule has 0 aliphatic heterocycles. The molecule has 1 N–H and O–H groups in total. The number of hydrogen-bond acceptors (Lipinski definition) is 2. The van der Waals surface area contributed by atoms with Crippen LogP contribution in [-0.4, -0.2) is 9.78 Å². The standard InChI is InChI=1S/C15H20BrN3/c1-10(2)19-12(4)15(11(3)18-19)17-9-13-6-5-7-14(16)8-13/h5-8,10,17H,9H2,1-4H3. The van der Waals surface area contributed by atoms with Crippen LogP contribution in [0.25, 0.3) is 0 Å². The van der Waals surface area contributed by atoms with Crippen LogP contribution < -0.4 is 5.32 Å². The van der Waals surface area contributed by atoms with E-state index < -0.39 is 0 Å². The van der Waals surface area contributed by atoms with E-state index in [2.05, 4.69) is 76.9 Å². The summed E-state index contributed by atoms with van der Waals surface area (Å²) in [5, 5.41) is 8.08. The minimum atomic E-state index is 0.389. The molecule has 2 aromatic rings. The summed E-state index contributed by atoms with van der Waals surface area (Å²) < 4.78 is 3.18. The normalized spacial score (nSPS) is 11.1. The van der Waals surface area contributed by atoms with E-state index in [1.54, 1.807) is 0 Å². The molecule has 0 saturated carbocycles. The summed E-state index contributed by atoms with van der Waals surface area (Å²) in [5.41, 5.74) is 4.66. The number of hydrogen-bond donors (Lipinski definition) is 1. The largest absolute Gasteiger partial charge is 0.378 e. The Kier molecular flexibility index (Phi) is 4.30. The van der Waals surface area contributed by atoms with E-state index in [1.807, 2.05) is 6.07 Å². The molecule has 3 nitrogen and oxygen atoms in total. The van der Waals surface area contributed by atoms with Gasteiger partial charge in [-0.3, -0.25) is 4.68 Å². The summed E-state index contributed by atoms with van der Waals surface area (Å²) in [5.74, 6) is 0. The third kappa shape index (κ3) is 3.18. The van der Waals surface area contributed by atoms with Crippen LogP contribution in [-0.2, 0) is 6.54 Å². The van der Waals surface area contributed by atoms with Gasteiger partial charge in [0.25, 0.3) is 0 Å². The van der Waals surface area contributed by atoms with Crippen molar-refractivity contribution in [2.45, 2.75) is 40.3 Å². The summed E-state index contributed by atoms with van der Waals surface area (Å²) in [4.78, 5) is 0. The second kappa shape index (κ2) is 5.78. The van der Waals surface area contributed by atoms with Crippen molar-refractivity contribution in [1.82, 2.24) is 9.78 Å². The first-order valence-corrected chi connectivity index (χ1v) is 7.32. The van der Waals surface area contributed by atoms with Gasteiger partial charge < -0.3 is 5.32 Å². The number of anilines is 1. The monoisotopic (exact) mass is 321 g/mol. The molecular formula is C15H20BrN3. The molecule has 0 radical (unpaired) electrons. The third-order valence-electron chi connectivity index (χ3n) is 3.17. The van der Waals surface area contributed by atoms with E-state index in [4.69, 9.17) is 0 Å². The number of aryl methyl sites for hydroxylation is 1. The number of nitrogens with zero attached hydrogens (tertiary/aromatic N) is 2. The van der Waals surface area contributed by atoms with Gasteiger partial charge in [-0.15, -0.1) is 0 Å². The van der Waals surface area contributed by atoms with Gasteiger partial charge in [-0.05, 0) is 45.4 Å². The highest BCUT2D eigenvalue weighted by molar-refractivity contribution is 9.10. The number of nitrogens with one attached hydrogen (secondary N) is 1. The zero-order chi connectivity index (χ0) is 14.0. The molecule has 0 amide bonds. The molecule has 0 unspecified atom stereocenters. The Morgan fingerprint density at radius 1 is 1.32 bits per heavy atom. The SMILES string of the molecule is Cc1nn(C(C)C)c(C)c1NCc1cccc(Br)c1. The van der Waals surface area contributed by atoms with Gasteiger partial charge in [0.1, 0.15) is 0 Å². The van der Waals surface area contributed by atoms with Crippen molar-refractivity contribution >= 4 is 21.6 Å². The van der Waals surface area contributed by atoms with Crippen LogP contribution in [0.4, 0.5) is 5.69 Å². The van der Waals surface area contributed by atoms with Crippen molar-refractivity contribution in [3.8, 4) is 0 Å². The van der Waals surface area contributed by atoms with Crippen molar-refractivity contribution in [3.63, 3.8) is 0 Å². The molecule has 0 atom stereocenters. The lowest BCUT2D eigenvalue weighted by Crippen LogP contribution is -2.06. The van der Waals surface area contributed by atoms with Crippen LogP contribution in [0.3, 0.4) is 0 Å². The molecule has 0 aliphatic carbocycles. The second-order valence-corrected chi connectivity index (χ2v) is 5.98. The van der Waals surface area contributed by atoms with Crippen LogP contribution in [0.2, 0.25) is 0 Å². The van der Waals surface area contributed by atoms with E-state index in [-0.39, 0.29) is 0 Å². The Labute approximate surface area is 123 Å². The zero-order valence-electron chi connectivity index (χ0n) is 11.9. The molecule has 2 rings (SSSR count). The fourth-order valence-corrected chi connectivity index (χ4v) is 2.71. The molecule has 4 heteroatoms. The third-order valence-corrected chi connectivity index (χ3v) is 3.67. The van der Waals surface area contributed by atoms with Gasteiger partial charge >= 0.3 is 0 Å². The molecule has 19 heavy (non-hydrogen) atoms. The van der Waals surface area contributed by atoms with Crippen molar-refractivity contribution in [2.24, 2.45) is 0 Å². The summed E-state index contributed by atoms with van der Waals surface area (Å²) in [6, 6.07) is 8.73. The molecule has 0 aliphatic rings. The molecule has 0 fully saturated rings. The van der Waals surface area contributed by atoms with E-state index in [1.165, 1.54) is 11.3 Å². The highest BCUT2D eigenvalue weighted by atomic mass is 79.9. The summed E-state index contributed by atoms with van der Waals surface area (Å²) >= 11 is 3.50. The van der Waals surface area contributed by atoms with Gasteiger partial charge in [0.15, 0.2) is 0 Å². The Hall–Kier alpha value is -1.29. The van der Waals surface area contributed by atoms with Gasteiger partial charge in [0.2, 0.25) is 0 Å². The predicted octanol–water partition coefficient (Wildman–Crippen LogP) is 4.46. The molecule has 1 heterocycles. The van der Waals surface area contributed by atoms with Gasteiger partial charge in [-0.1, -0.05) is 28.1 Å². The second-order valence-electron chi connectivity index (χ2n) is 5.07. The van der Waals surface area contributed by atoms with Crippen molar-refractivity contribution < 1.29 is 0 Å². The average Bonchev–Trinajstić information content (AvgIpc) is 2.63. The van der Waals surface area contributed by atoms with Crippen molar-refractivity contribution in [3.05, 3.63) is 45.7 Å². The van der Waals surface area contributed by atoms with Crippen LogP contribution in [0.1, 0.15) is 36.8 Å². The van der Waals surface area contributed by atoms with Crippen LogP contribution in [0.5, 0.6) is 0 Å². The lowest BCUT2D eigenvalue weighted by molar-refractivity contribution is 0.516. The number of aromatic nitrogens is 2. The van der Waals surface area contributed by atoms with Crippen molar-refractivity contribution in [2.75, 3.05) is 5.32 Å². The van der Waals surface area contributed by atoms with Crippen LogP contribution in [0.15, 0.2) is 28.7 Å². The maximum absolute atomic E-state index is 4.58. The maximum atomic E-state index is 4.58. The quantitative estimate of drug-likeness (QED) is 0.901. The first kappa shape index (κ1) is 14.1. The van der Waals surface area contributed by atoms with Crippen molar-refractivity contribution in [1.29, 1.82) is 0 Å². The lowest BCUT2D eigenvalue weighted by atomic mass is 10.2. The zero-order valence-corrected chi connectivity index (χ0v) is 13.5. The fraction of sp³-hybridized carbons (Fsp3) is 0.400. The minimum Gasteiger partial charge on any atom is -0.378 e. The summed E-state index contributed by atoms with van der Waals surface area (Å²) in [6.07, 6.45) is 0. The summed E-state index contributed by atoms with van der Waals surface area (Å²) in [7, 11) is 0. The topological polar surface area (TPSA) is 29.9 Å². The van der Waals surface area contributed by atoms with E-state index in [0.29, 0.717) is 6.04 Å². The predicted molar refractivity (Wildman–Crippen MR) is 83.6 cm³/mol. The number of halogens is 1. The van der Waals surface area contributed by atoms with E-state index in [0.717, 1.165) is 22.4 Å². The average molecular weight is 322 g/mol. The highest BCUT2D eigenvalue weighted by Crippen LogP contribution is 2.23.